The molecule has 4 N–H and O–H groups in total. The first-order chi connectivity index (χ1) is 20.4. The first-order valence-electron chi connectivity index (χ1n) is 14.6. The normalized spacial score (nSPS) is 18.0. The first kappa shape index (κ1) is 32.8. The first-order valence-corrected chi connectivity index (χ1v) is 16.6. The molecular formula is C31H40ClN3O7S. The van der Waals surface area contributed by atoms with Crippen LogP contribution in [0.3, 0.4) is 0 Å². The third kappa shape index (κ3) is 7.89. The lowest BCUT2D eigenvalue weighted by molar-refractivity contribution is -0.136. The van der Waals surface area contributed by atoms with Gasteiger partial charge in [-0.1, -0.05) is 50.1 Å². The van der Waals surface area contributed by atoms with Gasteiger partial charge < -0.3 is 25.6 Å². The van der Waals surface area contributed by atoms with Gasteiger partial charge in [-0.25, -0.2) is 18.0 Å². The number of ether oxygens (including phenoxy) is 1. The van der Waals surface area contributed by atoms with E-state index in [1.165, 1.54) is 11.1 Å². The summed E-state index contributed by atoms with van der Waals surface area (Å²) >= 11 is 6.17. The molecule has 0 radical (unpaired) electrons. The summed E-state index contributed by atoms with van der Waals surface area (Å²) in [6, 6.07) is 14.1. The molecular weight excluding hydrogens is 594 g/mol. The molecule has 4 rings (SSSR count). The molecule has 0 saturated heterocycles. The highest BCUT2D eigenvalue weighted by Gasteiger charge is 2.47. The van der Waals surface area contributed by atoms with Crippen molar-refractivity contribution < 1.29 is 33.0 Å². The second-order valence-corrected chi connectivity index (χ2v) is 13.8. The maximum absolute atomic E-state index is 13.2. The standard InChI is InChI=1S/C31H40ClN3O7S/c1-21(2)33-14-4-18-43(40,41)35(27(30(38)39)20-28(36)37)16-17-42-25-10-5-22-11-15-34-29(26(22)19-25)31(12-3-13-31)23-6-8-24(32)9-7-23/h5-10,19-21,29,33-34H,3-4,11-18H2,1-2H3,(H,36,37)(H,38,39)/b27-20-. The van der Waals surface area contributed by atoms with E-state index in [1.54, 1.807) is 0 Å². The fraction of sp³-hybridized carbons (Fsp3) is 0.484. The van der Waals surface area contributed by atoms with E-state index >= 15 is 0 Å². The second-order valence-electron chi connectivity index (χ2n) is 11.4. The fourth-order valence-corrected chi connectivity index (χ4v) is 7.60. The van der Waals surface area contributed by atoms with Crippen LogP contribution in [0.15, 0.2) is 54.2 Å². The molecule has 234 valence electrons. The number of rotatable bonds is 15. The summed E-state index contributed by atoms with van der Waals surface area (Å²) in [6.07, 6.45) is 4.68. The number of hydrogen-bond donors (Lipinski definition) is 4. The van der Waals surface area contributed by atoms with Crippen molar-refractivity contribution in [2.75, 3.05) is 32.0 Å². The molecule has 1 aliphatic heterocycles. The van der Waals surface area contributed by atoms with Crippen molar-refractivity contribution in [1.82, 2.24) is 14.9 Å². The predicted octanol–water partition coefficient (Wildman–Crippen LogP) is 4.10. The SMILES string of the molecule is CC(C)NCCCS(=O)(=O)N(CCOc1ccc2c(c1)C(C1(c3ccc(Cl)cc3)CCC1)NCC2)/C(=C\C(=O)O)C(=O)O. The molecule has 0 spiro atoms. The van der Waals surface area contributed by atoms with Gasteiger partial charge in [0.05, 0.1) is 18.4 Å². The molecule has 1 unspecified atom stereocenters. The maximum atomic E-state index is 13.2. The van der Waals surface area contributed by atoms with E-state index in [9.17, 15) is 28.2 Å². The van der Waals surface area contributed by atoms with Crippen LogP contribution in [0, 0.1) is 0 Å². The number of nitrogens with one attached hydrogen (secondary N) is 2. The molecule has 0 amide bonds. The van der Waals surface area contributed by atoms with Crippen molar-refractivity contribution in [1.29, 1.82) is 0 Å². The average Bonchev–Trinajstić information content (AvgIpc) is 2.92. The summed E-state index contributed by atoms with van der Waals surface area (Å²) in [4.78, 5) is 23.3. The van der Waals surface area contributed by atoms with Crippen molar-refractivity contribution in [3.63, 3.8) is 0 Å². The lowest BCUT2D eigenvalue weighted by atomic mass is 9.58. The highest BCUT2D eigenvalue weighted by atomic mass is 35.5. The minimum Gasteiger partial charge on any atom is -0.492 e. The van der Waals surface area contributed by atoms with E-state index in [4.69, 9.17) is 16.3 Å². The van der Waals surface area contributed by atoms with Gasteiger partial charge in [0.25, 0.3) is 0 Å². The molecule has 0 aromatic heterocycles. The van der Waals surface area contributed by atoms with Crippen molar-refractivity contribution in [3.05, 3.63) is 76.0 Å². The molecule has 2 aromatic rings. The Kier molecular flexibility index (Phi) is 10.8. The highest BCUT2D eigenvalue weighted by Crippen LogP contribution is 2.53. The molecule has 1 saturated carbocycles. The molecule has 2 aromatic carbocycles. The number of halogens is 1. The number of fused-ring (bicyclic) bond motifs is 1. The van der Waals surface area contributed by atoms with Gasteiger partial charge in [0, 0.05) is 22.5 Å². The third-order valence-corrected chi connectivity index (χ3v) is 10.3. The third-order valence-electron chi connectivity index (χ3n) is 8.17. The zero-order valence-electron chi connectivity index (χ0n) is 24.5. The summed E-state index contributed by atoms with van der Waals surface area (Å²) < 4.78 is 33.1. The van der Waals surface area contributed by atoms with Crippen LogP contribution in [0.2, 0.25) is 5.02 Å². The zero-order chi connectivity index (χ0) is 31.2. The summed E-state index contributed by atoms with van der Waals surface area (Å²) in [6.45, 7) is 4.58. The number of hydrogen-bond acceptors (Lipinski definition) is 7. The zero-order valence-corrected chi connectivity index (χ0v) is 26.1. The van der Waals surface area contributed by atoms with Crippen LogP contribution < -0.4 is 15.4 Å². The van der Waals surface area contributed by atoms with Gasteiger partial charge in [-0.05, 0) is 79.7 Å². The lowest BCUT2D eigenvalue weighted by Gasteiger charge is -2.50. The fourth-order valence-electron chi connectivity index (χ4n) is 5.97. The van der Waals surface area contributed by atoms with Crippen LogP contribution in [0.1, 0.15) is 62.3 Å². The van der Waals surface area contributed by atoms with E-state index < -0.39 is 27.7 Å². The number of benzene rings is 2. The largest absolute Gasteiger partial charge is 0.492 e. The molecule has 43 heavy (non-hydrogen) atoms. The topological polar surface area (TPSA) is 145 Å². The molecule has 2 aliphatic rings. The Hall–Kier alpha value is -3.12. The summed E-state index contributed by atoms with van der Waals surface area (Å²) in [5.74, 6) is -3.04. The number of carbonyl (C=O) groups is 2. The van der Waals surface area contributed by atoms with Gasteiger partial charge in [0.1, 0.15) is 18.1 Å². The summed E-state index contributed by atoms with van der Waals surface area (Å²) in [7, 11) is -4.16. The smallest absolute Gasteiger partial charge is 0.353 e. The Labute approximate surface area is 258 Å². The quantitative estimate of drug-likeness (QED) is 0.168. The average molecular weight is 634 g/mol. The number of aliphatic carboxylic acids is 2. The van der Waals surface area contributed by atoms with Crippen LogP contribution in [0.25, 0.3) is 0 Å². The Morgan fingerprint density at radius 2 is 1.91 bits per heavy atom. The lowest BCUT2D eigenvalue weighted by Crippen LogP contribution is -2.49. The monoisotopic (exact) mass is 633 g/mol. The van der Waals surface area contributed by atoms with Gasteiger partial charge in [-0.3, -0.25) is 4.31 Å². The van der Waals surface area contributed by atoms with Crippen LogP contribution >= 0.6 is 11.6 Å². The maximum Gasteiger partial charge on any atom is 0.353 e. The van der Waals surface area contributed by atoms with E-state index in [-0.39, 0.29) is 42.8 Å². The molecule has 1 aliphatic carbocycles. The van der Waals surface area contributed by atoms with Gasteiger partial charge in [0.15, 0.2) is 0 Å². The van der Waals surface area contributed by atoms with Crippen LogP contribution in [0.4, 0.5) is 0 Å². The minimum absolute atomic E-state index is 0.0585. The van der Waals surface area contributed by atoms with Crippen molar-refractivity contribution >= 4 is 33.6 Å². The molecule has 12 heteroatoms. The van der Waals surface area contributed by atoms with Crippen LogP contribution in [-0.2, 0) is 31.4 Å². The van der Waals surface area contributed by atoms with Crippen LogP contribution in [-0.4, -0.2) is 72.9 Å². The highest BCUT2D eigenvalue weighted by molar-refractivity contribution is 7.89. The Balaban J connectivity index is 1.53. The molecule has 1 atom stereocenters. The summed E-state index contributed by atoms with van der Waals surface area (Å²) in [5.41, 5.74) is 2.66. The van der Waals surface area contributed by atoms with Crippen molar-refractivity contribution in [2.24, 2.45) is 0 Å². The number of sulfonamides is 1. The number of nitrogens with zero attached hydrogens (tertiary/aromatic N) is 1. The molecule has 0 bridgehead atoms. The van der Waals surface area contributed by atoms with Gasteiger partial charge >= 0.3 is 11.9 Å². The minimum atomic E-state index is -4.16. The van der Waals surface area contributed by atoms with Gasteiger partial charge in [0.2, 0.25) is 10.0 Å². The van der Waals surface area contributed by atoms with E-state index in [0.717, 1.165) is 37.8 Å². The van der Waals surface area contributed by atoms with Gasteiger partial charge in [-0.15, -0.1) is 0 Å². The van der Waals surface area contributed by atoms with E-state index in [1.807, 2.05) is 44.2 Å². The molecule has 1 fully saturated rings. The Bertz CT molecular complexity index is 1440. The molecule has 1 heterocycles. The van der Waals surface area contributed by atoms with E-state index in [2.05, 4.69) is 22.8 Å². The van der Waals surface area contributed by atoms with Crippen molar-refractivity contribution in [2.45, 2.75) is 63.5 Å². The molecule has 10 nitrogen and oxygen atoms in total. The predicted molar refractivity (Wildman–Crippen MR) is 165 cm³/mol. The second kappa shape index (κ2) is 14.1. The Morgan fingerprint density at radius 1 is 1.19 bits per heavy atom. The number of carboxylic acids is 2. The Morgan fingerprint density at radius 3 is 2.51 bits per heavy atom. The van der Waals surface area contributed by atoms with Crippen LogP contribution in [0.5, 0.6) is 5.75 Å². The van der Waals surface area contributed by atoms with E-state index in [0.29, 0.717) is 27.7 Å². The van der Waals surface area contributed by atoms with Crippen molar-refractivity contribution in [3.8, 4) is 5.75 Å². The number of carboxylic acid groups (broad SMARTS) is 2. The van der Waals surface area contributed by atoms with Gasteiger partial charge in [-0.2, -0.15) is 0 Å². The summed E-state index contributed by atoms with van der Waals surface area (Å²) in [5, 5.41) is 26.5.